The van der Waals surface area contributed by atoms with Crippen molar-refractivity contribution in [3.63, 3.8) is 0 Å². The summed E-state index contributed by atoms with van der Waals surface area (Å²) in [6.07, 6.45) is 0.466. The van der Waals surface area contributed by atoms with Crippen LogP contribution < -0.4 is 0 Å². The minimum Gasteiger partial charge on any atom is -0.508 e. The standard InChI is InChI=1S/C17H16O4/c1-2-11-5-4-8-14(15(11)10-16(19)20)17(21)12-6-3-7-13(18)9-12/h3-9,18H,2,10H2,1H3,(H,19,20). The Morgan fingerprint density at radius 2 is 1.81 bits per heavy atom. The molecule has 0 atom stereocenters. The average Bonchev–Trinajstić information content (AvgIpc) is 2.46. The van der Waals surface area contributed by atoms with Crippen LogP contribution in [0.4, 0.5) is 0 Å². The Bertz CT molecular complexity index is 689. The third-order valence-electron chi connectivity index (χ3n) is 3.33. The van der Waals surface area contributed by atoms with Crippen molar-refractivity contribution < 1.29 is 19.8 Å². The molecule has 0 saturated heterocycles. The average molecular weight is 284 g/mol. The molecule has 2 aromatic carbocycles. The molecule has 0 fully saturated rings. The van der Waals surface area contributed by atoms with Gasteiger partial charge in [-0.25, -0.2) is 0 Å². The minimum absolute atomic E-state index is 0.00674. The largest absolute Gasteiger partial charge is 0.508 e. The molecule has 4 nitrogen and oxygen atoms in total. The maximum Gasteiger partial charge on any atom is 0.307 e. The summed E-state index contributed by atoms with van der Waals surface area (Å²) >= 11 is 0. The van der Waals surface area contributed by atoms with Gasteiger partial charge in [-0.3, -0.25) is 9.59 Å². The van der Waals surface area contributed by atoms with Crippen LogP contribution in [0.5, 0.6) is 5.75 Å². The first kappa shape index (κ1) is 14.8. The number of hydrogen-bond acceptors (Lipinski definition) is 3. The number of aryl methyl sites for hydroxylation is 1. The fourth-order valence-corrected chi connectivity index (χ4v) is 2.34. The molecule has 0 unspecified atom stereocenters. The summed E-state index contributed by atoms with van der Waals surface area (Å²) < 4.78 is 0. The Kier molecular flexibility index (Phi) is 4.38. The third-order valence-corrected chi connectivity index (χ3v) is 3.33. The molecular formula is C17H16O4. The number of benzene rings is 2. The van der Waals surface area contributed by atoms with Crippen LogP contribution in [-0.2, 0) is 17.6 Å². The van der Waals surface area contributed by atoms with E-state index in [1.54, 1.807) is 24.3 Å². The van der Waals surface area contributed by atoms with Crippen molar-refractivity contribution in [3.8, 4) is 5.75 Å². The van der Waals surface area contributed by atoms with E-state index in [1.165, 1.54) is 12.1 Å². The van der Waals surface area contributed by atoms with Crippen LogP contribution in [-0.4, -0.2) is 22.0 Å². The number of aromatic hydroxyl groups is 1. The van der Waals surface area contributed by atoms with E-state index >= 15 is 0 Å². The first-order valence-corrected chi connectivity index (χ1v) is 6.69. The lowest BCUT2D eigenvalue weighted by atomic mass is 9.92. The maximum atomic E-state index is 12.6. The van der Waals surface area contributed by atoms with E-state index in [2.05, 4.69) is 0 Å². The minimum atomic E-state index is -0.971. The zero-order valence-electron chi connectivity index (χ0n) is 11.7. The number of ketones is 1. The maximum absolute atomic E-state index is 12.6. The Morgan fingerprint density at radius 1 is 1.10 bits per heavy atom. The van der Waals surface area contributed by atoms with Gasteiger partial charge in [-0.05, 0) is 29.7 Å². The molecule has 0 heterocycles. The topological polar surface area (TPSA) is 74.6 Å². The normalized spacial score (nSPS) is 10.3. The lowest BCUT2D eigenvalue weighted by molar-refractivity contribution is -0.136. The van der Waals surface area contributed by atoms with Gasteiger partial charge in [0.2, 0.25) is 0 Å². The van der Waals surface area contributed by atoms with E-state index in [1.807, 2.05) is 13.0 Å². The van der Waals surface area contributed by atoms with Crippen LogP contribution in [0.2, 0.25) is 0 Å². The highest BCUT2D eigenvalue weighted by molar-refractivity contribution is 6.10. The number of carboxylic acids is 1. The number of aliphatic carboxylic acids is 1. The Labute approximate surface area is 122 Å². The van der Waals surface area contributed by atoms with E-state index in [0.29, 0.717) is 23.1 Å². The van der Waals surface area contributed by atoms with Crippen LogP contribution in [0.1, 0.15) is 34.0 Å². The van der Waals surface area contributed by atoms with Crippen LogP contribution in [0, 0.1) is 0 Å². The molecule has 0 aliphatic heterocycles. The zero-order valence-corrected chi connectivity index (χ0v) is 11.7. The molecular weight excluding hydrogens is 268 g/mol. The Morgan fingerprint density at radius 3 is 2.43 bits per heavy atom. The molecule has 0 spiro atoms. The molecule has 0 aliphatic rings. The number of phenols is 1. The van der Waals surface area contributed by atoms with Crippen molar-refractivity contribution >= 4 is 11.8 Å². The fraction of sp³-hybridized carbons (Fsp3) is 0.176. The van der Waals surface area contributed by atoms with Crippen LogP contribution in [0.15, 0.2) is 42.5 Å². The Balaban J connectivity index is 2.52. The number of rotatable bonds is 5. The molecule has 0 amide bonds. The van der Waals surface area contributed by atoms with Crippen molar-refractivity contribution in [2.24, 2.45) is 0 Å². The smallest absolute Gasteiger partial charge is 0.307 e. The van der Waals surface area contributed by atoms with Gasteiger partial charge in [-0.15, -0.1) is 0 Å². The first-order valence-electron chi connectivity index (χ1n) is 6.69. The van der Waals surface area contributed by atoms with Crippen LogP contribution in [0.3, 0.4) is 0 Å². The monoisotopic (exact) mass is 284 g/mol. The number of carboxylic acid groups (broad SMARTS) is 1. The summed E-state index contributed by atoms with van der Waals surface area (Å²) in [6.45, 7) is 1.92. The summed E-state index contributed by atoms with van der Waals surface area (Å²) in [5.74, 6) is -1.24. The van der Waals surface area contributed by atoms with E-state index in [9.17, 15) is 14.7 Å². The van der Waals surface area contributed by atoms with E-state index in [0.717, 1.165) is 5.56 Å². The molecule has 108 valence electrons. The number of hydrogen-bond donors (Lipinski definition) is 2. The van der Waals surface area contributed by atoms with E-state index in [4.69, 9.17) is 5.11 Å². The highest BCUT2D eigenvalue weighted by atomic mass is 16.4. The van der Waals surface area contributed by atoms with Gasteiger partial charge in [-0.1, -0.05) is 37.3 Å². The van der Waals surface area contributed by atoms with Gasteiger partial charge in [0.1, 0.15) is 5.75 Å². The highest BCUT2D eigenvalue weighted by Gasteiger charge is 2.18. The lowest BCUT2D eigenvalue weighted by Crippen LogP contribution is -2.12. The first-order chi connectivity index (χ1) is 10.0. The van der Waals surface area contributed by atoms with Gasteiger partial charge < -0.3 is 10.2 Å². The quantitative estimate of drug-likeness (QED) is 0.828. The van der Waals surface area contributed by atoms with E-state index < -0.39 is 5.97 Å². The molecule has 2 aromatic rings. The van der Waals surface area contributed by atoms with Gasteiger partial charge in [-0.2, -0.15) is 0 Å². The molecule has 21 heavy (non-hydrogen) atoms. The summed E-state index contributed by atoms with van der Waals surface area (Å²) in [5, 5.41) is 18.5. The van der Waals surface area contributed by atoms with Crippen molar-refractivity contribution in [2.75, 3.05) is 0 Å². The predicted octanol–water partition coefficient (Wildman–Crippen LogP) is 2.81. The molecule has 2 N–H and O–H groups in total. The van der Waals surface area contributed by atoms with Crippen molar-refractivity contribution in [2.45, 2.75) is 19.8 Å². The second kappa shape index (κ2) is 6.22. The molecule has 0 radical (unpaired) electrons. The third kappa shape index (κ3) is 3.28. The van der Waals surface area contributed by atoms with Crippen molar-refractivity contribution in [3.05, 3.63) is 64.7 Å². The van der Waals surface area contributed by atoms with Gasteiger partial charge >= 0.3 is 5.97 Å². The fourth-order valence-electron chi connectivity index (χ4n) is 2.34. The zero-order chi connectivity index (χ0) is 15.4. The van der Waals surface area contributed by atoms with Crippen molar-refractivity contribution in [1.29, 1.82) is 0 Å². The summed E-state index contributed by atoms with van der Waals surface area (Å²) in [4.78, 5) is 23.6. The molecule has 0 aliphatic carbocycles. The lowest BCUT2D eigenvalue weighted by Gasteiger charge is -2.12. The van der Waals surface area contributed by atoms with Gasteiger partial charge in [0, 0.05) is 11.1 Å². The molecule has 4 heteroatoms. The molecule has 0 saturated carbocycles. The predicted molar refractivity (Wildman–Crippen MR) is 78.7 cm³/mol. The Hall–Kier alpha value is -2.62. The number of carbonyl (C=O) groups excluding carboxylic acids is 1. The van der Waals surface area contributed by atoms with Crippen LogP contribution in [0.25, 0.3) is 0 Å². The second-order valence-corrected chi connectivity index (χ2v) is 4.75. The number of carbonyl (C=O) groups is 2. The molecule has 0 aromatic heterocycles. The van der Waals surface area contributed by atoms with Gasteiger partial charge in [0.15, 0.2) is 5.78 Å². The van der Waals surface area contributed by atoms with E-state index in [-0.39, 0.29) is 18.0 Å². The number of phenolic OH excluding ortho intramolecular Hbond substituents is 1. The summed E-state index contributed by atoms with van der Waals surface area (Å²) in [6, 6.07) is 11.3. The molecule has 0 bridgehead atoms. The SMILES string of the molecule is CCc1cccc(C(=O)c2cccc(O)c2)c1CC(=O)O. The highest BCUT2D eigenvalue weighted by Crippen LogP contribution is 2.22. The van der Waals surface area contributed by atoms with Crippen molar-refractivity contribution in [1.82, 2.24) is 0 Å². The second-order valence-electron chi connectivity index (χ2n) is 4.75. The van der Waals surface area contributed by atoms with Gasteiger partial charge in [0.05, 0.1) is 6.42 Å². The van der Waals surface area contributed by atoms with Crippen LogP contribution >= 0.6 is 0 Å². The molecule has 2 rings (SSSR count). The summed E-state index contributed by atoms with van der Waals surface area (Å²) in [5.41, 5.74) is 2.11. The van der Waals surface area contributed by atoms with Gasteiger partial charge in [0.25, 0.3) is 0 Å². The summed E-state index contributed by atoms with van der Waals surface area (Å²) in [7, 11) is 0.